The van der Waals surface area contributed by atoms with Crippen molar-refractivity contribution in [1.29, 1.82) is 0 Å². The maximum Gasteiger partial charge on any atom is 0.251 e. The average molecular weight is 408 g/mol. The average Bonchev–Trinajstić information content (AvgIpc) is 3.59. The number of fused-ring (bicyclic) bond motifs is 4. The summed E-state index contributed by atoms with van der Waals surface area (Å²) in [5.41, 5.74) is 2.28. The number of methoxy groups -OCH3 is 1. The first-order valence-electron chi connectivity index (χ1n) is 11.0. The zero-order valence-corrected chi connectivity index (χ0v) is 17.4. The van der Waals surface area contributed by atoms with Crippen LogP contribution in [-0.4, -0.2) is 48.2 Å². The summed E-state index contributed by atoms with van der Waals surface area (Å²) in [4.78, 5) is 27.8. The highest BCUT2D eigenvalue weighted by molar-refractivity contribution is 5.78. The van der Waals surface area contributed by atoms with Gasteiger partial charge in [0.15, 0.2) is 0 Å². The van der Waals surface area contributed by atoms with Crippen LogP contribution < -0.4 is 15.6 Å². The van der Waals surface area contributed by atoms with Crippen LogP contribution in [0.2, 0.25) is 0 Å². The van der Waals surface area contributed by atoms with Crippen molar-refractivity contribution in [3.05, 3.63) is 64.1 Å². The van der Waals surface area contributed by atoms with E-state index < -0.39 is 0 Å². The van der Waals surface area contributed by atoms with Gasteiger partial charge in [-0.3, -0.25) is 9.59 Å². The Bertz CT molecular complexity index is 997. The van der Waals surface area contributed by atoms with Gasteiger partial charge in [0.1, 0.15) is 5.75 Å². The summed E-state index contributed by atoms with van der Waals surface area (Å²) >= 11 is 0. The fourth-order valence-corrected chi connectivity index (χ4v) is 5.18. The molecule has 30 heavy (non-hydrogen) atoms. The molecule has 1 N–H and O–H groups in total. The van der Waals surface area contributed by atoms with Crippen molar-refractivity contribution < 1.29 is 9.53 Å². The summed E-state index contributed by atoms with van der Waals surface area (Å²) in [7, 11) is 1.67. The first-order chi connectivity index (χ1) is 14.6. The highest BCUT2D eigenvalue weighted by atomic mass is 16.5. The van der Waals surface area contributed by atoms with Crippen molar-refractivity contribution in [2.75, 3.05) is 26.7 Å². The predicted octanol–water partition coefficient (Wildman–Crippen LogP) is 2.34. The lowest BCUT2D eigenvalue weighted by atomic mass is 9.76. The van der Waals surface area contributed by atoms with Crippen molar-refractivity contribution in [3.63, 3.8) is 0 Å². The summed E-state index contributed by atoms with van der Waals surface area (Å²) in [6.45, 7) is 1.85. The van der Waals surface area contributed by atoms with Gasteiger partial charge < -0.3 is 19.5 Å². The molecule has 2 bridgehead atoms. The molecule has 2 aromatic rings. The summed E-state index contributed by atoms with van der Waals surface area (Å²) < 4.78 is 7.39. The van der Waals surface area contributed by atoms with Gasteiger partial charge in [-0.1, -0.05) is 18.2 Å². The Labute approximate surface area is 176 Å². The van der Waals surface area contributed by atoms with Crippen LogP contribution in [0.1, 0.15) is 42.5 Å². The van der Waals surface area contributed by atoms with Crippen LogP contribution in [0.25, 0.3) is 0 Å². The minimum atomic E-state index is 0.0454. The summed E-state index contributed by atoms with van der Waals surface area (Å²) in [5, 5.41) is 3.35. The second kappa shape index (κ2) is 7.91. The van der Waals surface area contributed by atoms with Crippen LogP contribution in [-0.2, 0) is 11.2 Å². The Hall–Kier alpha value is -2.60. The largest absolute Gasteiger partial charge is 0.497 e. The van der Waals surface area contributed by atoms with Gasteiger partial charge in [-0.15, -0.1) is 0 Å². The molecule has 3 heterocycles. The van der Waals surface area contributed by atoms with Crippen molar-refractivity contribution in [2.24, 2.45) is 5.92 Å². The van der Waals surface area contributed by atoms with Crippen LogP contribution in [0.3, 0.4) is 0 Å². The van der Waals surface area contributed by atoms with E-state index in [1.54, 1.807) is 13.2 Å². The van der Waals surface area contributed by atoms with E-state index >= 15 is 0 Å². The molecule has 2 fully saturated rings. The number of ether oxygens (including phenoxy) is 1. The van der Waals surface area contributed by atoms with Crippen molar-refractivity contribution in [2.45, 2.75) is 43.7 Å². The van der Waals surface area contributed by atoms with Crippen LogP contribution in [0, 0.1) is 5.92 Å². The second-order valence-electron chi connectivity index (χ2n) is 8.93. The van der Waals surface area contributed by atoms with Crippen molar-refractivity contribution >= 4 is 5.91 Å². The van der Waals surface area contributed by atoms with Gasteiger partial charge in [0.2, 0.25) is 5.91 Å². The molecule has 0 spiro atoms. The van der Waals surface area contributed by atoms with Gasteiger partial charge in [0.05, 0.1) is 13.7 Å². The molecule has 158 valence electrons. The molecule has 0 radical (unpaired) electrons. The first-order valence-corrected chi connectivity index (χ1v) is 11.0. The Morgan fingerprint density at radius 3 is 2.80 bits per heavy atom. The maximum absolute atomic E-state index is 12.9. The lowest BCUT2D eigenvalue weighted by Crippen LogP contribution is -2.53. The van der Waals surface area contributed by atoms with Gasteiger partial charge >= 0.3 is 0 Å². The van der Waals surface area contributed by atoms with Crippen LogP contribution in [0.4, 0.5) is 0 Å². The van der Waals surface area contributed by atoms with Crippen molar-refractivity contribution in [1.82, 2.24) is 14.8 Å². The van der Waals surface area contributed by atoms with Crippen molar-refractivity contribution in [3.8, 4) is 5.75 Å². The smallest absolute Gasteiger partial charge is 0.251 e. The third-order valence-electron chi connectivity index (χ3n) is 6.85. The van der Waals surface area contributed by atoms with E-state index in [0.29, 0.717) is 19.1 Å². The summed E-state index contributed by atoms with van der Waals surface area (Å²) in [5.74, 6) is 1.51. The van der Waals surface area contributed by atoms with Crippen LogP contribution in [0.5, 0.6) is 5.75 Å². The zero-order chi connectivity index (χ0) is 20.7. The minimum absolute atomic E-state index is 0.0454. The number of benzene rings is 1. The number of carbonyl (C=O) groups excluding carboxylic acids is 1. The molecule has 1 aliphatic carbocycles. The number of rotatable bonds is 6. The monoisotopic (exact) mass is 407 g/mol. The van der Waals surface area contributed by atoms with E-state index in [1.165, 1.54) is 12.8 Å². The number of carbonyl (C=O) groups is 1. The van der Waals surface area contributed by atoms with E-state index in [1.807, 2.05) is 33.7 Å². The van der Waals surface area contributed by atoms with Gasteiger partial charge in [-0.25, -0.2) is 0 Å². The van der Waals surface area contributed by atoms with Gasteiger partial charge in [0.25, 0.3) is 5.56 Å². The van der Waals surface area contributed by atoms with E-state index in [-0.39, 0.29) is 29.3 Å². The highest BCUT2D eigenvalue weighted by Crippen LogP contribution is 2.42. The molecule has 1 saturated carbocycles. The molecule has 1 amide bonds. The molecule has 3 aliphatic rings. The molecule has 6 nitrogen and oxygen atoms in total. The lowest BCUT2D eigenvalue weighted by Gasteiger charge is -2.47. The van der Waals surface area contributed by atoms with E-state index in [0.717, 1.165) is 36.4 Å². The molecule has 1 aromatic heterocycles. The number of piperidine rings is 1. The van der Waals surface area contributed by atoms with E-state index in [9.17, 15) is 9.59 Å². The minimum Gasteiger partial charge on any atom is -0.497 e. The molecule has 3 atom stereocenters. The van der Waals surface area contributed by atoms with Crippen LogP contribution in [0.15, 0.2) is 47.3 Å². The molecule has 6 heteroatoms. The number of aromatic nitrogens is 1. The topological polar surface area (TPSA) is 63.6 Å². The number of hydrogen-bond donors (Lipinski definition) is 1. The quantitative estimate of drug-likeness (QED) is 0.798. The molecule has 1 saturated heterocycles. The first kappa shape index (κ1) is 19.4. The Morgan fingerprint density at radius 1 is 1.17 bits per heavy atom. The third kappa shape index (κ3) is 3.76. The molecule has 1 aromatic carbocycles. The number of hydrogen-bond acceptors (Lipinski definition) is 4. The fraction of sp³-hybridized carbons (Fsp3) is 0.500. The van der Waals surface area contributed by atoms with Gasteiger partial charge in [-0.2, -0.15) is 0 Å². The number of nitrogens with one attached hydrogen (secondary N) is 1. The molecule has 2 aliphatic heterocycles. The van der Waals surface area contributed by atoms with Gasteiger partial charge in [-0.05, 0) is 55.4 Å². The van der Waals surface area contributed by atoms with Crippen LogP contribution >= 0.6 is 0 Å². The third-order valence-corrected chi connectivity index (χ3v) is 6.85. The zero-order valence-electron chi connectivity index (χ0n) is 17.4. The predicted molar refractivity (Wildman–Crippen MR) is 115 cm³/mol. The molecular weight excluding hydrogens is 378 g/mol. The highest BCUT2D eigenvalue weighted by Gasteiger charge is 2.41. The van der Waals surface area contributed by atoms with Gasteiger partial charge in [0, 0.05) is 42.9 Å². The SMILES string of the molecule is COc1cccc(C[C@H]2[C@H]3C[C@H](CN(C(=O)CNC4CC4)C3)c3cccc(=O)n32)c1. The molecular formula is C24H29N3O3. The second-order valence-corrected chi connectivity index (χ2v) is 8.93. The number of likely N-dealkylation sites (tertiary alicyclic amines) is 1. The maximum atomic E-state index is 12.9. The Kier molecular flexibility index (Phi) is 5.11. The van der Waals surface area contributed by atoms with E-state index in [2.05, 4.69) is 17.4 Å². The number of amides is 1. The standard InChI is InChI=1S/C24H29N3O3/c1-30-20-5-2-4-16(10-20)11-22-18-12-17(21-6-3-7-23(28)27(21)22)14-26(15-18)24(29)13-25-19-8-9-19/h2-7,10,17-19,22,25H,8-9,11-15H2,1H3/t17-,18+,22+/m1/s1. The Balaban J connectivity index is 1.44. The fourth-order valence-electron chi connectivity index (χ4n) is 5.18. The van der Waals surface area contributed by atoms with E-state index in [4.69, 9.17) is 4.74 Å². The number of nitrogens with zero attached hydrogens (tertiary/aromatic N) is 2. The summed E-state index contributed by atoms with van der Waals surface area (Å²) in [6.07, 6.45) is 4.14. The molecule has 5 rings (SSSR count). The lowest BCUT2D eigenvalue weighted by molar-refractivity contribution is -0.133. The summed E-state index contributed by atoms with van der Waals surface area (Å²) in [6, 6.07) is 14.2. The molecule has 0 unspecified atom stereocenters. The Morgan fingerprint density at radius 2 is 2.00 bits per heavy atom. The number of pyridine rings is 1. The normalized spacial score (nSPS) is 25.0.